The lowest BCUT2D eigenvalue weighted by molar-refractivity contribution is -0.383. The molecule has 0 fully saturated rings. The summed E-state index contributed by atoms with van der Waals surface area (Å²) in [4.78, 5) is 10.4. The van der Waals surface area contributed by atoms with Crippen molar-refractivity contribution in [3.05, 3.63) is 33.3 Å². The molecule has 0 aliphatic carbocycles. The number of hydrogen-bond acceptors (Lipinski definition) is 5. The lowest BCUT2D eigenvalue weighted by Crippen LogP contribution is -2.26. The molecular formula is C11H15ClN2O4. The molecule has 1 unspecified atom stereocenters. The van der Waals surface area contributed by atoms with Crippen molar-refractivity contribution < 1.29 is 14.8 Å². The molecule has 0 bridgehead atoms. The van der Waals surface area contributed by atoms with Gasteiger partial charge >= 0.3 is 5.69 Å². The number of rotatable bonds is 7. The summed E-state index contributed by atoms with van der Waals surface area (Å²) in [6, 6.07) is 4.45. The molecule has 18 heavy (non-hydrogen) atoms. The zero-order valence-corrected chi connectivity index (χ0v) is 10.7. The number of anilines is 1. The largest absolute Gasteiger partial charge is 0.396 e. The summed E-state index contributed by atoms with van der Waals surface area (Å²) in [5.41, 5.74) is 0.154. The molecule has 1 atom stereocenters. The first-order valence-corrected chi connectivity index (χ1v) is 5.77. The summed E-state index contributed by atoms with van der Waals surface area (Å²) >= 11 is 5.80. The van der Waals surface area contributed by atoms with Crippen LogP contribution in [-0.4, -0.2) is 36.4 Å². The fourth-order valence-corrected chi connectivity index (χ4v) is 1.84. The van der Waals surface area contributed by atoms with E-state index in [9.17, 15) is 10.1 Å². The molecule has 1 aromatic carbocycles. The third-order valence-corrected chi connectivity index (χ3v) is 2.68. The van der Waals surface area contributed by atoms with E-state index in [-0.39, 0.29) is 23.4 Å². The SMILES string of the molecule is COCC(CCO)Nc1cccc(Cl)c1[N+](=O)[O-]. The van der Waals surface area contributed by atoms with Crippen LogP contribution in [0.5, 0.6) is 0 Å². The fraction of sp³-hybridized carbons (Fsp3) is 0.455. The van der Waals surface area contributed by atoms with Crippen molar-refractivity contribution in [1.82, 2.24) is 0 Å². The van der Waals surface area contributed by atoms with Crippen LogP contribution in [0.1, 0.15) is 6.42 Å². The van der Waals surface area contributed by atoms with E-state index in [2.05, 4.69) is 5.32 Å². The van der Waals surface area contributed by atoms with Gasteiger partial charge in [0.2, 0.25) is 0 Å². The summed E-state index contributed by atoms with van der Waals surface area (Å²) in [5.74, 6) is 0. The van der Waals surface area contributed by atoms with Crippen LogP contribution in [0.25, 0.3) is 0 Å². The maximum absolute atomic E-state index is 10.9. The highest BCUT2D eigenvalue weighted by Crippen LogP contribution is 2.32. The predicted octanol–water partition coefficient (Wildman–Crippen LogP) is 2.06. The molecule has 0 amide bonds. The zero-order chi connectivity index (χ0) is 13.5. The number of para-hydroxylation sites is 1. The Hall–Kier alpha value is -1.37. The van der Waals surface area contributed by atoms with Gasteiger partial charge in [-0.1, -0.05) is 17.7 Å². The predicted molar refractivity (Wildman–Crippen MR) is 69.1 cm³/mol. The van der Waals surface area contributed by atoms with E-state index in [4.69, 9.17) is 21.4 Å². The number of nitro groups is 1. The number of ether oxygens (including phenoxy) is 1. The van der Waals surface area contributed by atoms with Crippen molar-refractivity contribution >= 4 is 23.0 Å². The van der Waals surface area contributed by atoms with E-state index < -0.39 is 4.92 Å². The summed E-state index contributed by atoms with van der Waals surface area (Å²) in [6.07, 6.45) is 0.428. The highest BCUT2D eigenvalue weighted by atomic mass is 35.5. The minimum atomic E-state index is -0.534. The molecule has 2 N–H and O–H groups in total. The number of nitrogens with one attached hydrogen (secondary N) is 1. The Morgan fingerprint density at radius 1 is 1.61 bits per heavy atom. The Bertz CT molecular complexity index is 408. The van der Waals surface area contributed by atoms with E-state index in [1.54, 1.807) is 12.1 Å². The number of nitro benzene ring substituents is 1. The van der Waals surface area contributed by atoms with Gasteiger partial charge in [-0.15, -0.1) is 0 Å². The van der Waals surface area contributed by atoms with Crippen LogP contribution in [0.4, 0.5) is 11.4 Å². The van der Waals surface area contributed by atoms with Gasteiger partial charge in [0.1, 0.15) is 10.7 Å². The molecule has 1 aromatic rings. The summed E-state index contributed by atoms with van der Waals surface area (Å²) in [6.45, 7) is 0.305. The molecule has 1 rings (SSSR count). The van der Waals surface area contributed by atoms with Gasteiger partial charge in [-0.3, -0.25) is 10.1 Å². The zero-order valence-electron chi connectivity index (χ0n) is 9.93. The molecule has 0 heterocycles. The summed E-state index contributed by atoms with van der Waals surface area (Å²) < 4.78 is 4.98. The second-order valence-electron chi connectivity index (χ2n) is 3.70. The first-order chi connectivity index (χ1) is 8.60. The van der Waals surface area contributed by atoms with Crippen molar-refractivity contribution in [2.45, 2.75) is 12.5 Å². The first-order valence-electron chi connectivity index (χ1n) is 5.39. The molecule has 0 aliphatic heterocycles. The van der Waals surface area contributed by atoms with Crippen molar-refractivity contribution in [1.29, 1.82) is 0 Å². The first kappa shape index (κ1) is 14.7. The Morgan fingerprint density at radius 3 is 2.89 bits per heavy atom. The Kier molecular flexibility index (Phi) is 5.84. The van der Waals surface area contributed by atoms with E-state index in [1.807, 2.05) is 0 Å². The second kappa shape index (κ2) is 7.15. The maximum atomic E-state index is 10.9. The number of methoxy groups -OCH3 is 1. The van der Waals surface area contributed by atoms with E-state index in [0.717, 1.165) is 0 Å². The molecule has 0 saturated carbocycles. The number of aliphatic hydroxyl groups excluding tert-OH is 1. The van der Waals surface area contributed by atoms with Crippen LogP contribution in [0, 0.1) is 10.1 Å². The van der Waals surface area contributed by atoms with Crippen LogP contribution in [0.15, 0.2) is 18.2 Å². The van der Waals surface area contributed by atoms with E-state index in [1.165, 1.54) is 13.2 Å². The summed E-state index contributed by atoms with van der Waals surface area (Å²) in [5, 5.41) is 22.9. The van der Waals surface area contributed by atoms with Crippen LogP contribution in [0.2, 0.25) is 5.02 Å². The van der Waals surface area contributed by atoms with Crippen molar-refractivity contribution in [2.75, 3.05) is 25.6 Å². The standard InChI is InChI=1S/C11H15ClN2O4/c1-18-7-8(5-6-15)13-10-4-2-3-9(12)11(10)14(16)17/h2-4,8,13,15H,5-7H2,1H3. The Balaban J connectivity index is 2.94. The average Bonchev–Trinajstić information content (AvgIpc) is 2.29. The third-order valence-electron chi connectivity index (χ3n) is 2.37. The molecule has 0 aromatic heterocycles. The second-order valence-corrected chi connectivity index (χ2v) is 4.11. The number of hydrogen-bond donors (Lipinski definition) is 2. The molecule has 0 saturated heterocycles. The smallest absolute Gasteiger partial charge is 0.310 e. The minimum Gasteiger partial charge on any atom is -0.396 e. The van der Waals surface area contributed by atoms with Gasteiger partial charge < -0.3 is 15.2 Å². The Labute approximate surface area is 110 Å². The normalized spacial score (nSPS) is 12.2. The van der Waals surface area contributed by atoms with E-state index in [0.29, 0.717) is 18.7 Å². The highest BCUT2D eigenvalue weighted by molar-refractivity contribution is 6.33. The lowest BCUT2D eigenvalue weighted by Gasteiger charge is -2.18. The van der Waals surface area contributed by atoms with Crippen LogP contribution < -0.4 is 5.32 Å². The molecule has 100 valence electrons. The van der Waals surface area contributed by atoms with Gasteiger partial charge in [0, 0.05) is 13.7 Å². The maximum Gasteiger partial charge on any atom is 0.310 e. The quantitative estimate of drug-likeness (QED) is 0.587. The number of aliphatic hydroxyl groups is 1. The molecule has 0 aliphatic rings. The monoisotopic (exact) mass is 274 g/mol. The van der Waals surface area contributed by atoms with Crippen molar-refractivity contribution in [3.63, 3.8) is 0 Å². The molecular weight excluding hydrogens is 260 g/mol. The van der Waals surface area contributed by atoms with Crippen LogP contribution >= 0.6 is 11.6 Å². The van der Waals surface area contributed by atoms with Crippen LogP contribution in [0.3, 0.4) is 0 Å². The Morgan fingerprint density at radius 2 is 2.33 bits per heavy atom. The number of benzene rings is 1. The molecule has 7 heteroatoms. The van der Waals surface area contributed by atoms with Gasteiger partial charge in [-0.25, -0.2) is 0 Å². The van der Waals surface area contributed by atoms with Crippen LogP contribution in [-0.2, 0) is 4.74 Å². The molecule has 0 spiro atoms. The van der Waals surface area contributed by atoms with Gasteiger partial charge in [-0.05, 0) is 18.6 Å². The molecule has 6 nitrogen and oxygen atoms in total. The van der Waals surface area contributed by atoms with Gasteiger partial charge in [0.25, 0.3) is 0 Å². The van der Waals surface area contributed by atoms with Crippen molar-refractivity contribution in [2.24, 2.45) is 0 Å². The summed E-state index contributed by atoms with van der Waals surface area (Å²) in [7, 11) is 1.53. The minimum absolute atomic E-state index is 0.0324. The highest BCUT2D eigenvalue weighted by Gasteiger charge is 2.20. The fourth-order valence-electron chi connectivity index (χ4n) is 1.59. The van der Waals surface area contributed by atoms with Gasteiger partial charge in [0.05, 0.1) is 17.6 Å². The van der Waals surface area contributed by atoms with Gasteiger partial charge in [0.15, 0.2) is 0 Å². The lowest BCUT2D eigenvalue weighted by atomic mass is 10.2. The molecule has 0 radical (unpaired) electrons. The van der Waals surface area contributed by atoms with Crippen molar-refractivity contribution in [3.8, 4) is 0 Å². The van der Waals surface area contributed by atoms with Gasteiger partial charge in [-0.2, -0.15) is 0 Å². The number of halogens is 1. The topological polar surface area (TPSA) is 84.6 Å². The third kappa shape index (κ3) is 3.83. The van der Waals surface area contributed by atoms with E-state index >= 15 is 0 Å². The number of nitrogens with zero attached hydrogens (tertiary/aromatic N) is 1. The average molecular weight is 275 g/mol.